The molecule has 0 aliphatic carbocycles. The number of pyridine rings is 1. The predicted octanol–water partition coefficient (Wildman–Crippen LogP) is 1.51. The molecule has 0 unspecified atom stereocenters. The van der Waals surface area contributed by atoms with Crippen molar-refractivity contribution in [3.05, 3.63) is 41.6 Å². The summed E-state index contributed by atoms with van der Waals surface area (Å²) in [6.45, 7) is 1.82. The molecule has 0 radical (unpaired) electrons. The fourth-order valence-corrected chi connectivity index (χ4v) is 1.46. The van der Waals surface area contributed by atoms with Crippen molar-refractivity contribution in [3.63, 3.8) is 0 Å². The maximum atomic E-state index is 12.8. The van der Waals surface area contributed by atoms with E-state index in [0.29, 0.717) is 5.82 Å². The van der Waals surface area contributed by atoms with Gasteiger partial charge in [-0.25, -0.2) is 4.98 Å². The lowest BCUT2D eigenvalue weighted by Gasteiger charge is -2.04. The number of halogens is 1. The van der Waals surface area contributed by atoms with Crippen molar-refractivity contribution in [3.8, 4) is 0 Å². The highest BCUT2D eigenvalue weighted by Crippen LogP contribution is 2.10. The molecular weight excluding hydrogens is 223 g/mol. The minimum atomic E-state index is -0.682. The highest BCUT2D eigenvalue weighted by atomic mass is 19.1. The molecule has 2 aromatic rings. The van der Waals surface area contributed by atoms with Crippen molar-refractivity contribution in [2.24, 2.45) is 7.05 Å². The van der Waals surface area contributed by atoms with Crippen LogP contribution in [0.3, 0.4) is 0 Å². The third-order valence-electron chi connectivity index (χ3n) is 2.23. The number of amides is 1. The van der Waals surface area contributed by atoms with Gasteiger partial charge in [0.25, 0.3) is 5.91 Å². The Kier molecular flexibility index (Phi) is 2.86. The first-order chi connectivity index (χ1) is 8.06. The summed E-state index contributed by atoms with van der Waals surface area (Å²) in [6.07, 6.45) is 1.25. The number of aryl methyl sites for hydroxylation is 2. The Bertz CT molecular complexity index is 564. The molecule has 0 saturated carbocycles. The number of hydrogen-bond acceptors (Lipinski definition) is 3. The van der Waals surface area contributed by atoms with Crippen molar-refractivity contribution in [2.75, 3.05) is 5.32 Å². The van der Waals surface area contributed by atoms with Crippen molar-refractivity contribution in [2.45, 2.75) is 6.92 Å². The van der Waals surface area contributed by atoms with E-state index in [1.54, 1.807) is 17.8 Å². The summed E-state index contributed by atoms with van der Waals surface area (Å²) in [4.78, 5) is 15.2. The monoisotopic (exact) mass is 234 g/mol. The molecule has 0 atom stereocenters. The van der Waals surface area contributed by atoms with Gasteiger partial charge in [-0.05, 0) is 13.0 Å². The van der Waals surface area contributed by atoms with Crippen LogP contribution in [-0.4, -0.2) is 20.7 Å². The lowest BCUT2D eigenvalue weighted by atomic mass is 10.2. The molecule has 1 amide bonds. The molecule has 0 aromatic carbocycles. The molecule has 0 fully saturated rings. The first-order valence-corrected chi connectivity index (χ1v) is 5.00. The second kappa shape index (κ2) is 4.32. The molecule has 0 spiro atoms. The second-order valence-electron chi connectivity index (χ2n) is 3.62. The van der Waals surface area contributed by atoms with Gasteiger partial charge < -0.3 is 5.32 Å². The minimum Gasteiger partial charge on any atom is -0.307 e. The number of nitrogens with zero attached hydrogens (tertiary/aromatic N) is 3. The normalized spacial score (nSPS) is 10.3. The van der Waals surface area contributed by atoms with E-state index >= 15 is 0 Å². The lowest BCUT2D eigenvalue weighted by Crippen LogP contribution is -2.14. The number of rotatable bonds is 2. The number of carbonyl (C=O) groups is 1. The standard InChI is InChI=1S/C11H11FN4O/c1-7-5-10(16(2)15-7)14-11(17)8-3-4-13-9(12)6-8/h3-6H,1-2H3,(H,14,17). The molecule has 1 N–H and O–H groups in total. The molecule has 5 nitrogen and oxygen atoms in total. The van der Waals surface area contributed by atoms with Gasteiger partial charge in [0.1, 0.15) is 5.82 Å². The van der Waals surface area contributed by atoms with Crippen LogP contribution in [0.1, 0.15) is 16.1 Å². The summed E-state index contributed by atoms with van der Waals surface area (Å²) in [5, 5.41) is 6.73. The highest BCUT2D eigenvalue weighted by molar-refractivity contribution is 6.03. The molecule has 2 heterocycles. The summed E-state index contributed by atoms with van der Waals surface area (Å²) in [7, 11) is 1.72. The van der Waals surface area contributed by atoms with Gasteiger partial charge in [0, 0.05) is 30.9 Å². The number of hydrogen-bond donors (Lipinski definition) is 1. The summed E-state index contributed by atoms with van der Waals surface area (Å²) in [6, 6.07) is 4.26. The van der Waals surface area contributed by atoms with Gasteiger partial charge in [-0.3, -0.25) is 9.48 Å². The smallest absolute Gasteiger partial charge is 0.257 e. The van der Waals surface area contributed by atoms with Crippen LogP contribution < -0.4 is 5.32 Å². The lowest BCUT2D eigenvalue weighted by molar-refractivity contribution is 0.102. The van der Waals surface area contributed by atoms with Crippen molar-refractivity contribution in [1.82, 2.24) is 14.8 Å². The van der Waals surface area contributed by atoms with Crippen LogP contribution in [0.2, 0.25) is 0 Å². The van der Waals surface area contributed by atoms with Gasteiger partial charge >= 0.3 is 0 Å². The van der Waals surface area contributed by atoms with Gasteiger partial charge in [-0.2, -0.15) is 9.49 Å². The van der Waals surface area contributed by atoms with Crippen molar-refractivity contribution in [1.29, 1.82) is 0 Å². The van der Waals surface area contributed by atoms with Gasteiger partial charge in [0.2, 0.25) is 5.95 Å². The number of aromatic nitrogens is 3. The van der Waals surface area contributed by atoms with Gasteiger partial charge in [-0.1, -0.05) is 0 Å². The minimum absolute atomic E-state index is 0.219. The maximum Gasteiger partial charge on any atom is 0.257 e. The molecule has 0 aliphatic rings. The SMILES string of the molecule is Cc1cc(NC(=O)c2ccnc(F)c2)n(C)n1. The average Bonchev–Trinajstić information content (AvgIpc) is 2.57. The number of anilines is 1. The third kappa shape index (κ3) is 2.47. The van der Waals surface area contributed by atoms with E-state index in [4.69, 9.17) is 0 Å². The van der Waals surface area contributed by atoms with E-state index in [1.807, 2.05) is 6.92 Å². The summed E-state index contributed by atoms with van der Waals surface area (Å²) in [5.41, 5.74) is 1.01. The molecule has 2 rings (SSSR count). The quantitative estimate of drug-likeness (QED) is 0.801. The molecule has 17 heavy (non-hydrogen) atoms. The van der Waals surface area contributed by atoms with Crippen LogP contribution >= 0.6 is 0 Å². The van der Waals surface area contributed by atoms with E-state index in [0.717, 1.165) is 11.8 Å². The Balaban J connectivity index is 2.20. The molecule has 0 aliphatic heterocycles. The maximum absolute atomic E-state index is 12.8. The fourth-order valence-electron chi connectivity index (χ4n) is 1.46. The van der Waals surface area contributed by atoms with E-state index in [1.165, 1.54) is 12.3 Å². The topological polar surface area (TPSA) is 59.8 Å². The van der Waals surface area contributed by atoms with Crippen LogP contribution in [0.4, 0.5) is 10.2 Å². The Hall–Kier alpha value is -2.24. The van der Waals surface area contributed by atoms with E-state index < -0.39 is 11.9 Å². The Morgan fingerprint density at radius 2 is 2.24 bits per heavy atom. The Morgan fingerprint density at radius 3 is 2.82 bits per heavy atom. The van der Waals surface area contributed by atoms with E-state index in [9.17, 15) is 9.18 Å². The average molecular weight is 234 g/mol. The molecular formula is C11H11FN4O. The Morgan fingerprint density at radius 1 is 1.47 bits per heavy atom. The fraction of sp³-hybridized carbons (Fsp3) is 0.182. The zero-order valence-electron chi connectivity index (χ0n) is 9.44. The zero-order valence-corrected chi connectivity index (χ0v) is 9.44. The van der Waals surface area contributed by atoms with Gasteiger partial charge in [-0.15, -0.1) is 0 Å². The van der Waals surface area contributed by atoms with E-state index in [2.05, 4.69) is 15.4 Å². The van der Waals surface area contributed by atoms with E-state index in [-0.39, 0.29) is 5.56 Å². The molecule has 6 heteroatoms. The van der Waals surface area contributed by atoms with Crippen molar-refractivity contribution < 1.29 is 9.18 Å². The van der Waals surface area contributed by atoms with Crippen LogP contribution in [-0.2, 0) is 7.05 Å². The molecule has 88 valence electrons. The van der Waals surface area contributed by atoms with Crippen LogP contribution in [0.5, 0.6) is 0 Å². The van der Waals surface area contributed by atoms with Gasteiger partial charge in [0.15, 0.2) is 0 Å². The first-order valence-electron chi connectivity index (χ1n) is 5.00. The molecule has 0 saturated heterocycles. The van der Waals surface area contributed by atoms with Crippen molar-refractivity contribution >= 4 is 11.7 Å². The van der Waals surface area contributed by atoms with Crippen LogP contribution in [0.15, 0.2) is 24.4 Å². The predicted molar refractivity (Wildman–Crippen MR) is 60.1 cm³/mol. The summed E-state index contributed by atoms with van der Waals surface area (Å²) in [5.74, 6) is -0.516. The molecule has 2 aromatic heterocycles. The highest BCUT2D eigenvalue weighted by Gasteiger charge is 2.10. The third-order valence-corrected chi connectivity index (χ3v) is 2.23. The Labute approximate surface area is 97.3 Å². The largest absolute Gasteiger partial charge is 0.307 e. The summed E-state index contributed by atoms with van der Waals surface area (Å²) < 4.78 is 14.4. The van der Waals surface area contributed by atoms with Gasteiger partial charge in [0.05, 0.1) is 5.69 Å². The first kappa shape index (κ1) is 11.3. The number of nitrogens with one attached hydrogen (secondary N) is 1. The zero-order chi connectivity index (χ0) is 12.4. The van der Waals surface area contributed by atoms with Crippen LogP contribution in [0, 0.1) is 12.9 Å². The number of carbonyl (C=O) groups excluding carboxylic acids is 1. The molecule has 0 bridgehead atoms. The van der Waals surface area contributed by atoms with Crippen LogP contribution in [0.25, 0.3) is 0 Å². The second-order valence-corrected chi connectivity index (χ2v) is 3.62. The summed E-state index contributed by atoms with van der Waals surface area (Å²) >= 11 is 0.